The molecule has 5 heteroatoms. The molecule has 0 radical (unpaired) electrons. The summed E-state index contributed by atoms with van der Waals surface area (Å²) in [5.74, 6) is 0. The standard InChI is InChI=1S/C8H24N3OP/c1-8-12-13(9(2)3,10(4)5)11(6)7/h13H,8H2,1-7H3. The van der Waals surface area contributed by atoms with Crippen molar-refractivity contribution in [2.75, 3.05) is 48.9 Å². The average Bonchev–Trinajstić information content (AvgIpc) is 1.97. The predicted octanol–water partition coefficient (Wildman–Crippen LogP) is 1.12. The molecule has 82 valence electrons. The van der Waals surface area contributed by atoms with E-state index < -0.39 is 7.94 Å². The van der Waals surface area contributed by atoms with E-state index in [0.717, 1.165) is 6.61 Å². The Morgan fingerprint density at radius 2 is 1.15 bits per heavy atom. The minimum absolute atomic E-state index is 0.751. The zero-order valence-electron chi connectivity index (χ0n) is 9.96. The second kappa shape index (κ2) is 5.23. The van der Waals surface area contributed by atoms with Crippen molar-refractivity contribution in [3.63, 3.8) is 0 Å². The fourth-order valence-electron chi connectivity index (χ4n) is 1.78. The molecule has 0 unspecified atom stereocenters. The first-order chi connectivity index (χ1) is 5.89. The van der Waals surface area contributed by atoms with Crippen molar-refractivity contribution in [1.82, 2.24) is 14.0 Å². The van der Waals surface area contributed by atoms with Crippen LogP contribution >= 0.6 is 7.94 Å². The minimum atomic E-state index is -2.03. The molecule has 0 aromatic rings. The first-order valence-corrected chi connectivity index (χ1v) is 6.30. The van der Waals surface area contributed by atoms with Crippen molar-refractivity contribution in [2.45, 2.75) is 6.92 Å². The Kier molecular flexibility index (Phi) is 5.33. The van der Waals surface area contributed by atoms with Gasteiger partial charge >= 0.3 is 82.3 Å². The van der Waals surface area contributed by atoms with E-state index in [4.69, 9.17) is 4.52 Å². The first-order valence-electron chi connectivity index (χ1n) is 4.55. The molecule has 0 aliphatic heterocycles. The molecule has 0 aromatic carbocycles. The summed E-state index contributed by atoms with van der Waals surface area (Å²) in [5.41, 5.74) is 0. The van der Waals surface area contributed by atoms with Gasteiger partial charge in [-0.15, -0.1) is 0 Å². The van der Waals surface area contributed by atoms with Gasteiger partial charge in [0.15, 0.2) is 0 Å². The second-order valence-electron chi connectivity index (χ2n) is 3.69. The van der Waals surface area contributed by atoms with Gasteiger partial charge in [-0.2, -0.15) is 0 Å². The normalized spacial score (nSPS) is 14.6. The van der Waals surface area contributed by atoms with Crippen molar-refractivity contribution in [3.8, 4) is 0 Å². The molecule has 0 saturated heterocycles. The van der Waals surface area contributed by atoms with Crippen LogP contribution in [0, 0.1) is 0 Å². The first kappa shape index (κ1) is 13.3. The quantitative estimate of drug-likeness (QED) is 0.631. The SMILES string of the molecule is CCO[PH](N(C)C)(N(C)C)N(C)C. The van der Waals surface area contributed by atoms with E-state index in [-0.39, 0.29) is 0 Å². The molecule has 0 heterocycles. The summed E-state index contributed by atoms with van der Waals surface area (Å²) in [5, 5.41) is 0. The third kappa shape index (κ3) is 2.61. The molecule has 0 saturated carbocycles. The van der Waals surface area contributed by atoms with Crippen molar-refractivity contribution < 1.29 is 4.52 Å². The topological polar surface area (TPSA) is 19.0 Å². The van der Waals surface area contributed by atoms with E-state index in [1.165, 1.54) is 0 Å². The van der Waals surface area contributed by atoms with Crippen LogP contribution in [0.3, 0.4) is 0 Å². The van der Waals surface area contributed by atoms with Crippen molar-refractivity contribution in [3.05, 3.63) is 0 Å². The van der Waals surface area contributed by atoms with E-state index in [0.29, 0.717) is 0 Å². The third-order valence-electron chi connectivity index (χ3n) is 2.09. The average molecular weight is 209 g/mol. The Bertz CT molecular complexity index is 129. The predicted molar refractivity (Wildman–Crippen MR) is 61.0 cm³/mol. The van der Waals surface area contributed by atoms with Gasteiger partial charge < -0.3 is 0 Å². The Labute approximate surface area is 83.0 Å². The Morgan fingerprint density at radius 1 is 0.846 bits per heavy atom. The van der Waals surface area contributed by atoms with Crippen molar-refractivity contribution >= 4 is 7.94 Å². The maximum absolute atomic E-state index is 5.93. The fourth-order valence-corrected chi connectivity index (χ4v) is 5.34. The van der Waals surface area contributed by atoms with Crippen LogP contribution in [0.2, 0.25) is 0 Å². The third-order valence-corrected chi connectivity index (χ3v) is 6.26. The molecular formula is C8H24N3OP. The molecule has 0 aliphatic carbocycles. The van der Waals surface area contributed by atoms with Gasteiger partial charge in [0.1, 0.15) is 0 Å². The van der Waals surface area contributed by atoms with E-state index >= 15 is 0 Å². The molecule has 0 aliphatic rings. The summed E-state index contributed by atoms with van der Waals surface area (Å²) in [4.78, 5) is 0. The van der Waals surface area contributed by atoms with Crippen LogP contribution in [0.4, 0.5) is 0 Å². The van der Waals surface area contributed by atoms with Gasteiger partial charge in [0.2, 0.25) is 0 Å². The van der Waals surface area contributed by atoms with Crippen LogP contribution in [0.5, 0.6) is 0 Å². The van der Waals surface area contributed by atoms with Gasteiger partial charge in [0, 0.05) is 0 Å². The molecule has 0 rings (SSSR count). The fraction of sp³-hybridized carbons (Fsp3) is 1.00. The van der Waals surface area contributed by atoms with E-state index in [1.807, 2.05) is 6.92 Å². The van der Waals surface area contributed by atoms with E-state index in [1.54, 1.807) is 0 Å². The van der Waals surface area contributed by atoms with E-state index in [2.05, 4.69) is 56.3 Å². The van der Waals surface area contributed by atoms with Crippen molar-refractivity contribution in [2.24, 2.45) is 0 Å². The van der Waals surface area contributed by atoms with Gasteiger partial charge in [-0.1, -0.05) is 0 Å². The van der Waals surface area contributed by atoms with Gasteiger partial charge in [0.05, 0.1) is 0 Å². The maximum atomic E-state index is 5.93. The summed E-state index contributed by atoms with van der Waals surface area (Å²) in [6.07, 6.45) is 0. The molecule has 0 spiro atoms. The molecule has 4 nitrogen and oxygen atoms in total. The molecule has 0 N–H and O–H groups in total. The van der Waals surface area contributed by atoms with E-state index in [9.17, 15) is 0 Å². The van der Waals surface area contributed by atoms with Crippen LogP contribution in [0.25, 0.3) is 0 Å². The Balaban J connectivity index is 4.82. The summed E-state index contributed by atoms with van der Waals surface area (Å²) in [7, 11) is 10.4. The van der Waals surface area contributed by atoms with Crippen LogP contribution in [0.15, 0.2) is 0 Å². The number of nitrogens with zero attached hydrogens (tertiary/aromatic N) is 3. The van der Waals surface area contributed by atoms with Crippen LogP contribution < -0.4 is 0 Å². The van der Waals surface area contributed by atoms with Crippen LogP contribution in [-0.4, -0.2) is 62.9 Å². The molecule has 0 atom stereocenters. The van der Waals surface area contributed by atoms with Crippen LogP contribution in [0.1, 0.15) is 6.92 Å². The zero-order valence-corrected chi connectivity index (χ0v) is 11.0. The molecule has 0 fully saturated rings. The summed E-state index contributed by atoms with van der Waals surface area (Å²) in [6.45, 7) is 2.79. The zero-order chi connectivity index (χ0) is 10.6. The van der Waals surface area contributed by atoms with Gasteiger partial charge in [-0.25, -0.2) is 0 Å². The van der Waals surface area contributed by atoms with Gasteiger partial charge in [0.25, 0.3) is 0 Å². The molecule has 0 bridgehead atoms. The number of rotatable bonds is 5. The monoisotopic (exact) mass is 209 g/mol. The Morgan fingerprint density at radius 3 is 1.23 bits per heavy atom. The number of hydrogen-bond acceptors (Lipinski definition) is 4. The van der Waals surface area contributed by atoms with Crippen molar-refractivity contribution in [1.29, 1.82) is 0 Å². The molecule has 13 heavy (non-hydrogen) atoms. The summed E-state index contributed by atoms with van der Waals surface area (Å²) in [6, 6.07) is 0. The molecular weight excluding hydrogens is 185 g/mol. The van der Waals surface area contributed by atoms with Gasteiger partial charge in [-0.05, 0) is 0 Å². The summed E-state index contributed by atoms with van der Waals surface area (Å²) >= 11 is 0. The number of hydrogen-bond donors (Lipinski definition) is 0. The molecule has 0 aromatic heterocycles. The molecule has 0 amide bonds. The summed E-state index contributed by atoms with van der Waals surface area (Å²) < 4.78 is 12.5. The second-order valence-corrected chi connectivity index (χ2v) is 7.81. The van der Waals surface area contributed by atoms with Gasteiger partial charge in [-0.3, -0.25) is 0 Å². The van der Waals surface area contributed by atoms with Crippen LogP contribution in [-0.2, 0) is 4.52 Å². The Hall–Kier alpha value is 0.270.